The van der Waals surface area contributed by atoms with Gasteiger partial charge in [-0.15, -0.1) is 0 Å². The third-order valence-corrected chi connectivity index (χ3v) is 6.36. The third-order valence-electron chi connectivity index (χ3n) is 6.36. The number of imidazole rings is 1. The van der Waals surface area contributed by atoms with E-state index in [2.05, 4.69) is 9.55 Å². The summed E-state index contributed by atoms with van der Waals surface area (Å²) in [6.45, 7) is 4.14. The maximum atomic E-state index is 13.2. The van der Waals surface area contributed by atoms with E-state index in [-0.39, 0.29) is 11.8 Å². The van der Waals surface area contributed by atoms with Crippen molar-refractivity contribution < 1.29 is 4.79 Å². The lowest BCUT2D eigenvalue weighted by atomic mass is 9.92. The Balaban J connectivity index is 1.31. The Morgan fingerprint density at radius 3 is 2.75 bits per heavy atom. The second-order valence-corrected chi connectivity index (χ2v) is 8.55. The molecule has 0 saturated carbocycles. The van der Waals surface area contributed by atoms with Gasteiger partial charge in [0.15, 0.2) is 0 Å². The fraction of sp³-hybridized carbons (Fsp3) is 0.269. The zero-order valence-electron chi connectivity index (χ0n) is 18.2. The number of piperidine rings is 1. The van der Waals surface area contributed by atoms with E-state index in [1.54, 1.807) is 6.20 Å². The molecular weight excluding hydrogens is 398 g/mol. The molecule has 2 N–H and O–H groups in total. The lowest BCUT2D eigenvalue weighted by Crippen LogP contribution is -2.39. The monoisotopic (exact) mass is 425 g/mol. The number of anilines is 1. The van der Waals surface area contributed by atoms with Gasteiger partial charge in [-0.3, -0.25) is 9.78 Å². The van der Waals surface area contributed by atoms with Crippen molar-refractivity contribution in [3.05, 3.63) is 89.6 Å². The minimum absolute atomic E-state index is 0.0689. The van der Waals surface area contributed by atoms with Crippen LogP contribution in [0.3, 0.4) is 0 Å². The number of aromatic nitrogens is 3. The number of carbonyl (C=O) groups excluding carboxylic acids is 1. The van der Waals surface area contributed by atoms with Crippen molar-refractivity contribution in [2.24, 2.45) is 0 Å². The first kappa shape index (κ1) is 20.2. The quantitative estimate of drug-likeness (QED) is 0.526. The Hall–Kier alpha value is -3.67. The summed E-state index contributed by atoms with van der Waals surface area (Å²) in [5.41, 5.74) is 10.8. The summed E-state index contributed by atoms with van der Waals surface area (Å²) in [5, 5.41) is 1.04. The largest absolute Gasteiger partial charge is 0.397 e. The average molecular weight is 426 g/mol. The van der Waals surface area contributed by atoms with Crippen LogP contribution in [0.25, 0.3) is 10.9 Å². The summed E-state index contributed by atoms with van der Waals surface area (Å²) in [5.74, 6) is 1.20. The molecule has 3 heterocycles. The second kappa shape index (κ2) is 8.46. The topological polar surface area (TPSA) is 77.0 Å². The summed E-state index contributed by atoms with van der Waals surface area (Å²) < 4.78 is 2.09. The molecule has 6 nitrogen and oxygen atoms in total. The second-order valence-electron chi connectivity index (χ2n) is 8.55. The molecule has 2 aromatic heterocycles. The van der Waals surface area contributed by atoms with Gasteiger partial charge < -0.3 is 15.2 Å². The molecule has 1 aliphatic heterocycles. The van der Waals surface area contributed by atoms with E-state index in [1.165, 1.54) is 0 Å². The van der Waals surface area contributed by atoms with Gasteiger partial charge in [-0.25, -0.2) is 4.98 Å². The van der Waals surface area contributed by atoms with Gasteiger partial charge in [0.25, 0.3) is 5.91 Å². The highest BCUT2D eigenvalue weighted by Crippen LogP contribution is 2.32. The van der Waals surface area contributed by atoms with Crippen molar-refractivity contribution in [3.8, 4) is 0 Å². The normalized spacial score (nSPS) is 16.4. The van der Waals surface area contributed by atoms with Gasteiger partial charge in [-0.1, -0.05) is 30.3 Å². The number of nitrogens with zero attached hydrogens (tertiary/aromatic N) is 4. The molecule has 1 amide bonds. The molecule has 1 aliphatic rings. The smallest absolute Gasteiger partial charge is 0.253 e. The van der Waals surface area contributed by atoms with E-state index in [9.17, 15) is 4.79 Å². The SMILES string of the molecule is Cc1nccn1Cc1ccc(C(=O)N2CCCC(c3nc4ccccc4cc3N)C2)cc1. The van der Waals surface area contributed by atoms with Gasteiger partial charge in [0.1, 0.15) is 5.82 Å². The number of pyridine rings is 1. The van der Waals surface area contributed by atoms with E-state index in [4.69, 9.17) is 10.7 Å². The Morgan fingerprint density at radius 1 is 1.16 bits per heavy atom. The van der Waals surface area contributed by atoms with Crippen molar-refractivity contribution in [1.82, 2.24) is 19.4 Å². The number of nitrogen functional groups attached to an aromatic ring is 1. The predicted octanol–water partition coefficient (Wildman–Crippen LogP) is 4.39. The molecule has 1 saturated heterocycles. The van der Waals surface area contributed by atoms with Crippen LogP contribution in [0, 0.1) is 6.92 Å². The fourth-order valence-corrected chi connectivity index (χ4v) is 4.56. The maximum absolute atomic E-state index is 13.2. The van der Waals surface area contributed by atoms with Crippen LogP contribution in [-0.4, -0.2) is 38.4 Å². The highest BCUT2D eigenvalue weighted by atomic mass is 16.2. The third kappa shape index (κ3) is 3.96. The summed E-state index contributed by atoms with van der Waals surface area (Å²) in [6.07, 6.45) is 5.71. The Bertz CT molecular complexity index is 1260. The Morgan fingerprint density at radius 2 is 1.97 bits per heavy atom. The highest BCUT2D eigenvalue weighted by Gasteiger charge is 2.27. The fourth-order valence-electron chi connectivity index (χ4n) is 4.56. The van der Waals surface area contributed by atoms with Gasteiger partial charge in [-0.2, -0.15) is 0 Å². The number of likely N-dealkylation sites (tertiary alicyclic amines) is 1. The molecule has 0 aliphatic carbocycles. The van der Waals surface area contributed by atoms with Crippen molar-refractivity contribution in [3.63, 3.8) is 0 Å². The van der Waals surface area contributed by atoms with Crippen molar-refractivity contribution >= 4 is 22.5 Å². The zero-order chi connectivity index (χ0) is 22.1. The standard InChI is InChI=1S/C26H27N5O/c1-18-28-12-14-30(18)16-19-8-10-20(11-9-19)26(32)31-13-4-6-22(17-31)25-23(27)15-21-5-2-3-7-24(21)29-25/h2-3,5,7-12,14-15,22H,4,6,13,16-17,27H2,1H3. The molecule has 162 valence electrons. The molecule has 2 aromatic carbocycles. The number of aryl methyl sites for hydroxylation is 1. The van der Waals surface area contributed by atoms with Crippen LogP contribution in [-0.2, 0) is 6.54 Å². The first-order chi connectivity index (χ1) is 15.6. The minimum atomic E-state index is 0.0689. The van der Waals surface area contributed by atoms with Gasteiger partial charge in [0.05, 0.1) is 16.9 Å². The number of nitrogens with two attached hydrogens (primary N) is 1. The summed E-state index contributed by atoms with van der Waals surface area (Å²) in [6, 6.07) is 17.9. The van der Waals surface area contributed by atoms with Crippen molar-refractivity contribution in [2.75, 3.05) is 18.8 Å². The number of hydrogen-bond acceptors (Lipinski definition) is 4. The van der Waals surface area contributed by atoms with Crippen molar-refractivity contribution in [2.45, 2.75) is 32.2 Å². The van der Waals surface area contributed by atoms with Gasteiger partial charge in [0.2, 0.25) is 0 Å². The van der Waals surface area contributed by atoms with E-state index >= 15 is 0 Å². The number of carbonyl (C=O) groups is 1. The molecule has 5 rings (SSSR count). The zero-order valence-corrected chi connectivity index (χ0v) is 18.2. The van der Waals surface area contributed by atoms with Gasteiger partial charge in [-0.05, 0) is 49.6 Å². The maximum Gasteiger partial charge on any atom is 0.253 e. The number of fused-ring (bicyclic) bond motifs is 1. The Labute approximate surface area is 187 Å². The van der Waals surface area contributed by atoms with Crippen LogP contribution in [0.5, 0.6) is 0 Å². The molecule has 4 aromatic rings. The van der Waals surface area contributed by atoms with E-state index in [1.807, 2.05) is 72.6 Å². The molecule has 0 bridgehead atoms. The summed E-state index contributed by atoms with van der Waals surface area (Å²) in [4.78, 5) is 24.3. The number of benzene rings is 2. The van der Waals surface area contributed by atoms with Crippen LogP contribution in [0.2, 0.25) is 0 Å². The van der Waals surface area contributed by atoms with Gasteiger partial charge in [0, 0.05) is 48.9 Å². The van der Waals surface area contributed by atoms with E-state index in [0.29, 0.717) is 12.2 Å². The first-order valence-electron chi connectivity index (χ1n) is 11.1. The molecule has 0 radical (unpaired) electrons. The number of rotatable bonds is 4. The van der Waals surface area contributed by atoms with Crippen LogP contribution in [0.15, 0.2) is 67.0 Å². The number of amides is 1. The summed E-state index contributed by atoms with van der Waals surface area (Å²) >= 11 is 0. The molecule has 6 heteroatoms. The van der Waals surface area contributed by atoms with Crippen LogP contribution < -0.4 is 5.73 Å². The Kier molecular flexibility index (Phi) is 5.35. The molecule has 1 fully saturated rings. The number of hydrogen-bond donors (Lipinski definition) is 1. The first-order valence-corrected chi connectivity index (χ1v) is 11.1. The molecule has 1 atom stereocenters. The van der Waals surface area contributed by atoms with Crippen LogP contribution >= 0.6 is 0 Å². The molecular formula is C26H27N5O. The van der Waals surface area contributed by atoms with Crippen LogP contribution in [0.4, 0.5) is 5.69 Å². The van der Waals surface area contributed by atoms with Crippen LogP contribution in [0.1, 0.15) is 46.2 Å². The lowest BCUT2D eigenvalue weighted by molar-refractivity contribution is 0.0706. The lowest BCUT2D eigenvalue weighted by Gasteiger charge is -2.33. The number of para-hydroxylation sites is 1. The molecule has 0 spiro atoms. The average Bonchev–Trinajstić information content (AvgIpc) is 3.23. The predicted molar refractivity (Wildman–Crippen MR) is 127 cm³/mol. The highest BCUT2D eigenvalue weighted by molar-refractivity contribution is 5.94. The molecule has 1 unspecified atom stereocenters. The van der Waals surface area contributed by atoms with E-state index in [0.717, 1.165) is 59.5 Å². The molecule has 32 heavy (non-hydrogen) atoms. The minimum Gasteiger partial charge on any atom is -0.397 e. The van der Waals surface area contributed by atoms with E-state index < -0.39 is 0 Å². The summed E-state index contributed by atoms with van der Waals surface area (Å²) in [7, 11) is 0. The van der Waals surface area contributed by atoms with Crippen molar-refractivity contribution in [1.29, 1.82) is 0 Å². The van der Waals surface area contributed by atoms with Gasteiger partial charge >= 0.3 is 0 Å².